The summed E-state index contributed by atoms with van der Waals surface area (Å²) in [6.45, 7) is 11.9. The second-order valence-corrected chi connectivity index (χ2v) is 7.19. The first-order chi connectivity index (χ1) is 10.8. The van der Waals surface area contributed by atoms with Crippen molar-refractivity contribution in [2.45, 2.75) is 77.9 Å². The number of rotatable bonds is 5. The van der Waals surface area contributed by atoms with Crippen LogP contribution in [0.15, 0.2) is 4.99 Å². The van der Waals surface area contributed by atoms with E-state index in [0.29, 0.717) is 6.54 Å². The van der Waals surface area contributed by atoms with Crippen LogP contribution >= 0.6 is 0 Å². The van der Waals surface area contributed by atoms with Crippen molar-refractivity contribution in [3.05, 3.63) is 0 Å². The highest BCUT2D eigenvalue weighted by Crippen LogP contribution is 2.29. The zero-order valence-corrected chi connectivity index (χ0v) is 15.4. The summed E-state index contributed by atoms with van der Waals surface area (Å²) >= 11 is 0. The van der Waals surface area contributed by atoms with Gasteiger partial charge in [-0.15, -0.1) is 0 Å². The summed E-state index contributed by atoms with van der Waals surface area (Å²) < 4.78 is 5.44. The van der Waals surface area contributed by atoms with Crippen LogP contribution in [0, 0.1) is 0 Å². The van der Waals surface area contributed by atoms with E-state index >= 15 is 0 Å². The molecule has 1 aliphatic carbocycles. The third kappa shape index (κ3) is 7.57. The first-order valence-electron chi connectivity index (χ1n) is 8.83. The maximum absolute atomic E-state index is 12.2. The Labute approximate surface area is 140 Å². The molecule has 1 fully saturated rings. The number of hydrogen-bond donors (Lipinski definition) is 3. The molecule has 0 radical (unpaired) electrons. The molecule has 0 unspecified atom stereocenters. The van der Waals surface area contributed by atoms with Gasteiger partial charge in [0.2, 0.25) is 0 Å². The summed E-state index contributed by atoms with van der Waals surface area (Å²) in [5.41, 5.74) is -0.779. The van der Waals surface area contributed by atoms with Crippen molar-refractivity contribution in [1.82, 2.24) is 16.0 Å². The molecule has 0 spiro atoms. The minimum atomic E-state index is -0.484. The van der Waals surface area contributed by atoms with Crippen LogP contribution in [0.4, 0.5) is 4.79 Å². The topological polar surface area (TPSA) is 74.8 Å². The Bertz CT molecular complexity index is 388. The maximum atomic E-state index is 12.2. The lowest BCUT2D eigenvalue weighted by atomic mass is 9.82. The molecule has 0 heterocycles. The van der Waals surface area contributed by atoms with E-state index in [2.05, 4.69) is 20.9 Å². The number of nitrogens with zero attached hydrogens (tertiary/aromatic N) is 1. The molecule has 1 saturated carbocycles. The Balaban J connectivity index is 2.77. The Kier molecular flexibility index (Phi) is 7.65. The van der Waals surface area contributed by atoms with Crippen LogP contribution in [-0.2, 0) is 4.74 Å². The fourth-order valence-electron chi connectivity index (χ4n) is 2.81. The molecule has 23 heavy (non-hydrogen) atoms. The van der Waals surface area contributed by atoms with Crippen LogP contribution in [-0.4, -0.2) is 42.8 Å². The summed E-state index contributed by atoms with van der Waals surface area (Å²) in [5.74, 6) is 0.797. The average molecular weight is 326 g/mol. The van der Waals surface area contributed by atoms with E-state index in [0.717, 1.165) is 44.7 Å². The summed E-state index contributed by atoms with van der Waals surface area (Å²) in [6.07, 6.45) is 4.99. The third-order valence-electron chi connectivity index (χ3n) is 3.81. The predicted octanol–water partition coefficient (Wildman–Crippen LogP) is 2.79. The Hall–Kier alpha value is -1.46. The van der Waals surface area contributed by atoms with Crippen LogP contribution in [0.2, 0.25) is 0 Å². The Morgan fingerprint density at radius 3 is 2.13 bits per heavy atom. The molecule has 0 aromatic heterocycles. The van der Waals surface area contributed by atoms with Gasteiger partial charge in [0.05, 0.1) is 12.1 Å². The van der Waals surface area contributed by atoms with Crippen molar-refractivity contribution in [1.29, 1.82) is 0 Å². The van der Waals surface area contributed by atoms with E-state index < -0.39 is 5.60 Å². The number of guanidine groups is 1. The highest BCUT2D eigenvalue weighted by atomic mass is 16.6. The monoisotopic (exact) mass is 326 g/mol. The molecule has 0 aromatic rings. The van der Waals surface area contributed by atoms with Gasteiger partial charge in [0.25, 0.3) is 0 Å². The fourth-order valence-corrected chi connectivity index (χ4v) is 2.81. The van der Waals surface area contributed by atoms with Crippen LogP contribution < -0.4 is 16.0 Å². The number of ether oxygens (including phenoxy) is 1. The number of aliphatic imine (C=N–C) groups is 1. The number of hydrogen-bond acceptors (Lipinski definition) is 3. The lowest BCUT2D eigenvalue weighted by Crippen LogP contribution is -2.54. The molecule has 0 aliphatic heterocycles. The molecule has 1 amide bonds. The van der Waals surface area contributed by atoms with E-state index in [1.54, 1.807) is 0 Å². The number of carbonyl (C=O) groups is 1. The van der Waals surface area contributed by atoms with Crippen LogP contribution in [0.25, 0.3) is 0 Å². The Morgan fingerprint density at radius 2 is 1.65 bits per heavy atom. The molecule has 3 N–H and O–H groups in total. The molecule has 1 aliphatic rings. The second kappa shape index (κ2) is 8.99. The number of amides is 1. The van der Waals surface area contributed by atoms with Crippen molar-refractivity contribution >= 4 is 12.1 Å². The quantitative estimate of drug-likeness (QED) is 0.536. The van der Waals surface area contributed by atoms with Crippen LogP contribution in [0.1, 0.15) is 66.7 Å². The van der Waals surface area contributed by atoms with E-state index in [1.807, 2.05) is 34.6 Å². The minimum absolute atomic E-state index is 0.295. The molecule has 0 atom stereocenters. The second-order valence-electron chi connectivity index (χ2n) is 7.19. The zero-order valence-electron chi connectivity index (χ0n) is 15.4. The highest BCUT2D eigenvalue weighted by Gasteiger charge is 2.35. The van der Waals surface area contributed by atoms with E-state index in [4.69, 9.17) is 4.74 Å². The molecular weight excluding hydrogens is 292 g/mol. The van der Waals surface area contributed by atoms with E-state index in [9.17, 15) is 4.79 Å². The molecule has 0 saturated heterocycles. The standard InChI is InChI=1S/C17H34N4O2/c1-6-18-14(19-7-2)20-13-17(11-9-8-10-12-17)21-15(22)23-16(3,4)5/h6-13H2,1-5H3,(H,21,22)(H2,18,19,20). The number of carbonyl (C=O) groups excluding carboxylic acids is 1. The summed E-state index contributed by atoms with van der Waals surface area (Å²) in [7, 11) is 0. The van der Waals surface area contributed by atoms with Gasteiger partial charge in [-0.2, -0.15) is 0 Å². The molecule has 6 heteroatoms. The first kappa shape index (κ1) is 19.6. The van der Waals surface area contributed by atoms with Gasteiger partial charge in [0.1, 0.15) is 5.60 Å². The van der Waals surface area contributed by atoms with Gasteiger partial charge >= 0.3 is 6.09 Å². The normalized spacial score (nSPS) is 17.1. The molecule has 1 rings (SSSR count). The predicted molar refractivity (Wildman–Crippen MR) is 94.8 cm³/mol. The third-order valence-corrected chi connectivity index (χ3v) is 3.81. The van der Waals surface area contributed by atoms with Gasteiger partial charge in [-0.05, 0) is 47.5 Å². The SMILES string of the molecule is CCNC(=NCC1(NC(=O)OC(C)(C)C)CCCCC1)NCC. The van der Waals surface area contributed by atoms with Gasteiger partial charge in [-0.1, -0.05) is 19.3 Å². The molecule has 6 nitrogen and oxygen atoms in total. The van der Waals surface area contributed by atoms with Crippen LogP contribution in [0.5, 0.6) is 0 Å². The summed E-state index contributed by atoms with van der Waals surface area (Å²) in [4.78, 5) is 16.9. The average Bonchev–Trinajstić information content (AvgIpc) is 2.44. The van der Waals surface area contributed by atoms with Crippen molar-refractivity contribution in [3.8, 4) is 0 Å². The van der Waals surface area contributed by atoms with Gasteiger partial charge in [0.15, 0.2) is 5.96 Å². The lowest BCUT2D eigenvalue weighted by molar-refractivity contribution is 0.0431. The van der Waals surface area contributed by atoms with Crippen LogP contribution in [0.3, 0.4) is 0 Å². The summed E-state index contributed by atoms with van der Waals surface area (Å²) in [6, 6.07) is 0. The molecule has 0 aromatic carbocycles. The summed E-state index contributed by atoms with van der Waals surface area (Å²) in [5, 5.41) is 9.56. The van der Waals surface area contributed by atoms with E-state index in [-0.39, 0.29) is 11.6 Å². The fraction of sp³-hybridized carbons (Fsp3) is 0.882. The van der Waals surface area contributed by atoms with Crippen molar-refractivity contribution in [2.75, 3.05) is 19.6 Å². The minimum Gasteiger partial charge on any atom is -0.444 e. The van der Waals surface area contributed by atoms with Gasteiger partial charge < -0.3 is 20.7 Å². The number of alkyl carbamates (subject to hydrolysis) is 1. The van der Waals surface area contributed by atoms with Gasteiger partial charge in [-0.3, -0.25) is 4.99 Å². The largest absolute Gasteiger partial charge is 0.444 e. The molecule has 0 bridgehead atoms. The van der Waals surface area contributed by atoms with Gasteiger partial charge in [-0.25, -0.2) is 4.79 Å². The molecule has 134 valence electrons. The lowest BCUT2D eigenvalue weighted by Gasteiger charge is -2.37. The highest BCUT2D eigenvalue weighted by molar-refractivity contribution is 5.79. The van der Waals surface area contributed by atoms with E-state index in [1.165, 1.54) is 6.42 Å². The first-order valence-corrected chi connectivity index (χ1v) is 8.83. The van der Waals surface area contributed by atoms with Crippen molar-refractivity contribution < 1.29 is 9.53 Å². The molecular formula is C17H34N4O2. The maximum Gasteiger partial charge on any atom is 0.408 e. The van der Waals surface area contributed by atoms with Gasteiger partial charge in [0, 0.05) is 13.1 Å². The van der Waals surface area contributed by atoms with Crippen molar-refractivity contribution in [2.24, 2.45) is 4.99 Å². The Morgan fingerprint density at radius 1 is 1.09 bits per heavy atom. The van der Waals surface area contributed by atoms with Crippen molar-refractivity contribution in [3.63, 3.8) is 0 Å². The zero-order chi connectivity index (χ0) is 17.3. The number of nitrogens with one attached hydrogen (secondary N) is 3. The smallest absolute Gasteiger partial charge is 0.408 e.